The van der Waals surface area contributed by atoms with Gasteiger partial charge in [0.25, 0.3) is 0 Å². The number of nitrogens with one attached hydrogen (secondary N) is 2. The summed E-state index contributed by atoms with van der Waals surface area (Å²) in [6, 6.07) is 2.21. The first-order chi connectivity index (χ1) is 7.84. The molecule has 84 valence electrons. The molecule has 0 bridgehead atoms. The molecule has 0 aromatic carbocycles. The van der Waals surface area contributed by atoms with Crippen molar-refractivity contribution >= 4 is 17.3 Å². The zero-order valence-electron chi connectivity index (χ0n) is 9.07. The van der Waals surface area contributed by atoms with E-state index in [0.29, 0.717) is 0 Å². The SMILES string of the molecule is O=C1Nc2cnccc2NC2CCCCC12. The minimum Gasteiger partial charge on any atom is -0.380 e. The van der Waals surface area contributed by atoms with Gasteiger partial charge in [0.05, 0.1) is 23.5 Å². The molecular formula is C12H15N3O. The number of hydrogen-bond donors (Lipinski definition) is 2. The molecule has 2 atom stereocenters. The van der Waals surface area contributed by atoms with Crippen molar-refractivity contribution in [2.75, 3.05) is 10.6 Å². The molecule has 1 fully saturated rings. The molecule has 1 aliphatic carbocycles. The van der Waals surface area contributed by atoms with Crippen LogP contribution >= 0.6 is 0 Å². The van der Waals surface area contributed by atoms with Crippen LogP contribution in [0.4, 0.5) is 11.4 Å². The first-order valence-corrected chi connectivity index (χ1v) is 5.86. The van der Waals surface area contributed by atoms with Crippen molar-refractivity contribution in [2.45, 2.75) is 31.7 Å². The molecule has 2 aliphatic rings. The predicted octanol–water partition coefficient (Wildman–Crippen LogP) is 2.00. The molecule has 1 aromatic rings. The molecule has 4 heteroatoms. The third-order valence-corrected chi connectivity index (χ3v) is 3.52. The number of anilines is 2. The van der Waals surface area contributed by atoms with Gasteiger partial charge in [0.15, 0.2) is 0 Å². The third-order valence-electron chi connectivity index (χ3n) is 3.52. The molecular weight excluding hydrogens is 202 g/mol. The van der Waals surface area contributed by atoms with Crippen LogP contribution in [0.1, 0.15) is 25.7 Å². The maximum atomic E-state index is 12.0. The minimum atomic E-state index is 0.112. The molecule has 4 nitrogen and oxygen atoms in total. The molecule has 0 spiro atoms. The van der Waals surface area contributed by atoms with E-state index in [9.17, 15) is 4.79 Å². The summed E-state index contributed by atoms with van der Waals surface area (Å²) in [6.07, 6.45) is 7.90. The number of rotatable bonds is 0. The average Bonchev–Trinajstić information content (AvgIpc) is 2.45. The predicted molar refractivity (Wildman–Crippen MR) is 62.2 cm³/mol. The summed E-state index contributed by atoms with van der Waals surface area (Å²) < 4.78 is 0. The van der Waals surface area contributed by atoms with Gasteiger partial charge in [-0.3, -0.25) is 9.78 Å². The number of carbonyl (C=O) groups excluding carboxylic acids is 1. The first kappa shape index (κ1) is 9.63. The molecule has 16 heavy (non-hydrogen) atoms. The Balaban J connectivity index is 1.96. The largest absolute Gasteiger partial charge is 0.380 e. The van der Waals surface area contributed by atoms with Crippen LogP contribution in [-0.4, -0.2) is 16.9 Å². The monoisotopic (exact) mass is 217 g/mol. The topological polar surface area (TPSA) is 54.0 Å². The van der Waals surface area contributed by atoms with E-state index in [-0.39, 0.29) is 17.9 Å². The van der Waals surface area contributed by atoms with Gasteiger partial charge in [0.1, 0.15) is 0 Å². The standard InChI is InChI=1S/C12H15N3O/c16-12-8-3-1-2-4-9(8)14-10-5-6-13-7-11(10)15-12/h5-9,14H,1-4H2,(H,15,16). The maximum Gasteiger partial charge on any atom is 0.229 e. The molecule has 1 aliphatic heterocycles. The number of fused-ring (bicyclic) bond motifs is 2. The summed E-state index contributed by atoms with van der Waals surface area (Å²) in [7, 11) is 0. The summed E-state index contributed by atoms with van der Waals surface area (Å²) in [5, 5.41) is 6.43. The Kier molecular flexibility index (Phi) is 2.27. The van der Waals surface area contributed by atoms with E-state index in [2.05, 4.69) is 15.6 Å². The summed E-state index contributed by atoms with van der Waals surface area (Å²) in [5.74, 6) is 0.255. The van der Waals surface area contributed by atoms with Crippen LogP contribution in [0, 0.1) is 5.92 Å². The van der Waals surface area contributed by atoms with Crippen LogP contribution in [0.3, 0.4) is 0 Å². The van der Waals surface area contributed by atoms with Crippen LogP contribution in [0.25, 0.3) is 0 Å². The van der Waals surface area contributed by atoms with Crippen molar-refractivity contribution in [3.05, 3.63) is 18.5 Å². The van der Waals surface area contributed by atoms with Gasteiger partial charge in [-0.15, -0.1) is 0 Å². The lowest BCUT2D eigenvalue weighted by Gasteiger charge is -2.29. The maximum absolute atomic E-state index is 12.0. The quantitative estimate of drug-likeness (QED) is 0.699. The number of hydrogen-bond acceptors (Lipinski definition) is 3. The van der Waals surface area contributed by atoms with Crippen molar-refractivity contribution in [3.63, 3.8) is 0 Å². The molecule has 0 saturated heterocycles. The van der Waals surface area contributed by atoms with Gasteiger partial charge in [0.2, 0.25) is 5.91 Å². The van der Waals surface area contributed by atoms with Gasteiger partial charge in [0, 0.05) is 12.2 Å². The van der Waals surface area contributed by atoms with Gasteiger partial charge < -0.3 is 10.6 Å². The highest BCUT2D eigenvalue weighted by atomic mass is 16.2. The highest BCUT2D eigenvalue weighted by molar-refractivity contribution is 5.97. The second-order valence-corrected chi connectivity index (χ2v) is 4.55. The van der Waals surface area contributed by atoms with Gasteiger partial charge in [-0.1, -0.05) is 12.8 Å². The summed E-state index contributed by atoms with van der Waals surface area (Å²) in [6.45, 7) is 0. The Bertz CT molecular complexity index is 418. The van der Waals surface area contributed by atoms with E-state index < -0.39 is 0 Å². The fourth-order valence-electron chi connectivity index (χ4n) is 2.66. The fourth-order valence-corrected chi connectivity index (χ4v) is 2.66. The average molecular weight is 217 g/mol. The summed E-state index contributed by atoms with van der Waals surface area (Å²) >= 11 is 0. The third kappa shape index (κ3) is 1.54. The Morgan fingerprint density at radius 3 is 3.06 bits per heavy atom. The lowest BCUT2D eigenvalue weighted by molar-refractivity contribution is -0.120. The Morgan fingerprint density at radius 1 is 1.25 bits per heavy atom. The van der Waals surface area contributed by atoms with Crippen LogP contribution in [0.5, 0.6) is 0 Å². The molecule has 3 rings (SSSR count). The van der Waals surface area contributed by atoms with Gasteiger partial charge in [-0.05, 0) is 18.9 Å². The van der Waals surface area contributed by atoms with E-state index in [4.69, 9.17) is 0 Å². The minimum absolute atomic E-state index is 0.112. The van der Waals surface area contributed by atoms with Gasteiger partial charge in [-0.25, -0.2) is 0 Å². The summed E-state index contributed by atoms with van der Waals surface area (Å²) in [4.78, 5) is 16.1. The van der Waals surface area contributed by atoms with E-state index >= 15 is 0 Å². The second-order valence-electron chi connectivity index (χ2n) is 4.55. The van der Waals surface area contributed by atoms with Crippen molar-refractivity contribution in [2.24, 2.45) is 5.92 Å². The number of pyridine rings is 1. The zero-order valence-corrected chi connectivity index (χ0v) is 9.07. The number of carbonyl (C=O) groups is 1. The Morgan fingerprint density at radius 2 is 2.12 bits per heavy atom. The smallest absolute Gasteiger partial charge is 0.229 e. The van der Waals surface area contributed by atoms with Crippen LogP contribution in [0.15, 0.2) is 18.5 Å². The Hall–Kier alpha value is -1.58. The number of amides is 1. The number of aromatic nitrogens is 1. The summed E-state index contributed by atoms with van der Waals surface area (Å²) in [5.41, 5.74) is 1.81. The molecule has 2 N–H and O–H groups in total. The van der Waals surface area contributed by atoms with E-state index in [1.54, 1.807) is 12.4 Å². The zero-order chi connectivity index (χ0) is 11.0. The lowest BCUT2D eigenvalue weighted by Crippen LogP contribution is -2.37. The van der Waals surface area contributed by atoms with E-state index in [1.807, 2.05) is 6.07 Å². The normalized spacial score (nSPS) is 28.1. The second kappa shape index (κ2) is 3.77. The van der Waals surface area contributed by atoms with Crippen LogP contribution < -0.4 is 10.6 Å². The Labute approximate surface area is 94.5 Å². The molecule has 1 amide bonds. The fraction of sp³-hybridized carbons (Fsp3) is 0.500. The van der Waals surface area contributed by atoms with Crippen LogP contribution in [0.2, 0.25) is 0 Å². The van der Waals surface area contributed by atoms with E-state index in [0.717, 1.165) is 30.6 Å². The van der Waals surface area contributed by atoms with Crippen molar-refractivity contribution in [1.82, 2.24) is 4.98 Å². The van der Waals surface area contributed by atoms with Gasteiger partial charge >= 0.3 is 0 Å². The van der Waals surface area contributed by atoms with Crippen molar-refractivity contribution < 1.29 is 4.79 Å². The van der Waals surface area contributed by atoms with Crippen molar-refractivity contribution in [3.8, 4) is 0 Å². The molecule has 2 unspecified atom stereocenters. The van der Waals surface area contributed by atoms with Crippen molar-refractivity contribution in [1.29, 1.82) is 0 Å². The molecule has 0 radical (unpaired) electrons. The van der Waals surface area contributed by atoms with E-state index in [1.165, 1.54) is 6.42 Å². The van der Waals surface area contributed by atoms with Crippen LogP contribution in [-0.2, 0) is 4.79 Å². The molecule has 2 heterocycles. The van der Waals surface area contributed by atoms with Gasteiger partial charge in [-0.2, -0.15) is 0 Å². The highest BCUT2D eigenvalue weighted by Crippen LogP contribution is 2.33. The molecule has 1 saturated carbocycles. The molecule has 1 aromatic heterocycles. The highest BCUT2D eigenvalue weighted by Gasteiger charge is 2.33. The number of nitrogens with zero attached hydrogens (tertiary/aromatic N) is 1. The lowest BCUT2D eigenvalue weighted by atomic mass is 9.84. The first-order valence-electron chi connectivity index (χ1n) is 5.86.